The number of hydrogen-bond acceptors (Lipinski definition) is 2. The van der Waals surface area contributed by atoms with Crippen molar-refractivity contribution in [3.8, 4) is 27.9 Å². The summed E-state index contributed by atoms with van der Waals surface area (Å²) in [5, 5.41) is 7.29. The smallest absolute Gasteiger partial charge is 0.220 e. The summed E-state index contributed by atoms with van der Waals surface area (Å²) in [6.07, 6.45) is 0. The van der Waals surface area contributed by atoms with E-state index in [1.54, 1.807) is 0 Å². The van der Waals surface area contributed by atoms with Gasteiger partial charge in [-0.25, -0.2) is 4.98 Å². The fourth-order valence-corrected chi connectivity index (χ4v) is 7.52. The summed E-state index contributed by atoms with van der Waals surface area (Å²) in [4.78, 5) is 7.79. The second kappa shape index (κ2) is 9.65. The highest BCUT2D eigenvalue weighted by Crippen LogP contribution is 2.52. The van der Waals surface area contributed by atoms with Crippen LogP contribution in [0.5, 0.6) is 0 Å². The molecular formula is C43H27N3. The minimum atomic E-state index is 0.882. The third-order valence-electron chi connectivity index (χ3n) is 9.49. The third-order valence-corrected chi connectivity index (χ3v) is 9.49. The Morgan fingerprint density at radius 2 is 1.00 bits per heavy atom. The van der Waals surface area contributed by atoms with Crippen molar-refractivity contribution in [2.24, 2.45) is 0 Å². The van der Waals surface area contributed by atoms with Crippen LogP contribution in [0, 0.1) is 0 Å². The van der Waals surface area contributed by atoms with Crippen LogP contribution in [-0.2, 0) is 0 Å². The van der Waals surface area contributed by atoms with E-state index in [1.807, 2.05) is 0 Å². The molecule has 0 unspecified atom stereocenters. The minimum absolute atomic E-state index is 0.882. The lowest BCUT2D eigenvalue weighted by Gasteiger charge is -2.28. The number of rotatable bonds is 2. The van der Waals surface area contributed by atoms with Crippen LogP contribution in [0.1, 0.15) is 0 Å². The second-order valence-corrected chi connectivity index (χ2v) is 12.0. The van der Waals surface area contributed by atoms with E-state index in [9.17, 15) is 0 Å². The Kier molecular flexibility index (Phi) is 5.28. The zero-order valence-corrected chi connectivity index (χ0v) is 24.9. The standard InChI is InChI=1S/C43H27N3/c1-2-14-29-27-30(26-25-28(29)13-1)41-33-17-3-5-19-35(33)42(36-20-6-4-18-34(36)41)46-39-23-11-8-16-32(39)31-15-7-10-22-38(31)45-40-24-12-9-21-37(40)44-43(45)46/h1-27H. The molecule has 0 saturated heterocycles. The van der Waals surface area contributed by atoms with Gasteiger partial charge < -0.3 is 0 Å². The van der Waals surface area contributed by atoms with E-state index in [0.29, 0.717) is 0 Å². The van der Waals surface area contributed by atoms with Crippen LogP contribution in [0.25, 0.3) is 71.3 Å². The summed E-state index contributed by atoms with van der Waals surface area (Å²) in [5.41, 5.74) is 10.3. The number of nitrogens with zero attached hydrogens (tertiary/aromatic N) is 3. The van der Waals surface area contributed by atoms with Gasteiger partial charge in [0.2, 0.25) is 5.95 Å². The van der Waals surface area contributed by atoms with Gasteiger partial charge in [-0.1, -0.05) is 133 Å². The van der Waals surface area contributed by atoms with E-state index in [0.717, 1.165) is 34.0 Å². The quantitative estimate of drug-likeness (QED) is 0.188. The van der Waals surface area contributed by atoms with Crippen molar-refractivity contribution in [2.75, 3.05) is 4.90 Å². The molecule has 0 fully saturated rings. The van der Waals surface area contributed by atoms with E-state index in [-0.39, 0.29) is 0 Å². The molecule has 8 aromatic carbocycles. The van der Waals surface area contributed by atoms with Gasteiger partial charge in [0.15, 0.2) is 0 Å². The van der Waals surface area contributed by atoms with E-state index in [1.165, 1.54) is 54.6 Å². The Labute approximate surface area is 266 Å². The van der Waals surface area contributed by atoms with Gasteiger partial charge in [-0.2, -0.15) is 0 Å². The lowest BCUT2D eigenvalue weighted by molar-refractivity contribution is 1.06. The molecule has 1 aliphatic heterocycles. The number of imidazole rings is 1. The van der Waals surface area contributed by atoms with Gasteiger partial charge >= 0.3 is 0 Å². The minimum Gasteiger partial charge on any atom is -0.278 e. The molecular weight excluding hydrogens is 558 g/mol. The molecule has 0 bridgehead atoms. The van der Waals surface area contributed by atoms with Crippen LogP contribution in [0.4, 0.5) is 17.3 Å². The molecule has 0 N–H and O–H groups in total. The average molecular weight is 586 g/mol. The van der Waals surface area contributed by atoms with Crippen molar-refractivity contribution in [3.05, 3.63) is 164 Å². The predicted molar refractivity (Wildman–Crippen MR) is 193 cm³/mol. The van der Waals surface area contributed by atoms with Gasteiger partial charge in [0.25, 0.3) is 0 Å². The zero-order chi connectivity index (χ0) is 30.2. The molecule has 1 aromatic heterocycles. The summed E-state index contributed by atoms with van der Waals surface area (Å²) in [6.45, 7) is 0. The van der Waals surface area contributed by atoms with Gasteiger partial charge in [0.05, 0.1) is 28.1 Å². The molecule has 1 aliphatic rings. The zero-order valence-electron chi connectivity index (χ0n) is 24.9. The highest BCUT2D eigenvalue weighted by atomic mass is 15.3. The van der Waals surface area contributed by atoms with Crippen LogP contribution in [0.15, 0.2) is 164 Å². The molecule has 3 nitrogen and oxygen atoms in total. The SMILES string of the molecule is c1ccc2c(c1)-c1ccccc1-n1c(nc3ccccc31)N2c1c2ccccc2c(-c2ccc3ccccc3c2)c2ccccc12. The Morgan fingerprint density at radius 3 is 1.76 bits per heavy atom. The molecule has 46 heavy (non-hydrogen) atoms. The molecule has 0 atom stereocenters. The Morgan fingerprint density at radius 1 is 0.435 bits per heavy atom. The van der Waals surface area contributed by atoms with Crippen molar-refractivity contribution in [2.45, 2.75) is 0 Å². The van der Waals surface area contributed by atoms with Crippen LogP contribution in [0.3, 0.4) is 0 Å². The summed E-state index contributed by atoms with van der Waals surface area (Å²) in [5.74, 6) is 0.882. The van der Waals surface area contributed by atoms with Gasteiger partial charge in [-0.15, -0.1) is 0 Å². The maximum absolute atomic E-state index is 5.39. The first-order chi connectivity index (χ1) is 22.8. The summed E-state index contributed by atoms with van der Waals surface area (Å²) >= 11 is 0. The van der Waals surface area contributed by atoms with Crippen LogP contribution in [-0.4, -0.2) is 9.55 Å². The van der Waals surface area contributed by atoms with E-state index in [4.69, 9.17) is 4.98 Å². The van der Waals surface area contributed by atoms with Crippen LogP contribution >= 0.6 is 0 Å². The topological polar surface area (TPSA) is 21.1 Å². The fraction of sp³-hybridized carbons (Fsp3) is 0. The molecule has 0 amide bonds. The monoisotopic (exact) mass is 585 g/mol. The number of hydrogen-bond donors (Lipinski definition) is 0. The van der Waals surface area contributed by atoms with Gasteiger partial charge in [-0.3, -0.25) is 9.47 Å². The number of benzene rings is 8. The van der Waals surface area contributed by atoms with Gasteiger partial charge in [0, 0.05) is 21.9 Å². The maximum atomic E-state index is 5.39. The summed E-state index contributed by atoms with van der Waals surface area (Å²) < 4.78 is 2.34. The number of fused-ring (bicyclic) bond motifs is 10. The Bertz CT molecular complexity index is 2610. The molecule has 0 saturated carbocycles. The normalized spacial score (nSPS) is 12.3. The molecule has 214 valence electrons. The van der Waals surface area contributed by atoms with E-state index in [2.05, 4.69) is 173 Å². The fourth-order valence-electron chi connectivity index (χ4n) is 7.52. The molecule has 0 aliphatic carbocycles. The first-order valence-corrected chi connectivity index (χ1v) is 15.7. The van der Waals surface area contributed by atoms with E-state index < -0.39 is 0 Å². The first kappa shape index (κ1) is 25.2. The molecule has 2 heterocycles. The number of para-hydroxylation sites is 4. The molecule has 0 spiro atoms. The number of anilines is 3. The number of aromatic nitrogens is 2. The third kappa shape index (κ3) is 3.51. The Hall–Kier alpha value is -6.19. The Balaban J connectivity index is 1.38. The molecule has 3 heteroatoms. The largest absolute Gasteiger partial charge is 0.278 e. The van der Waals surface area contributed by atoms with Gasteiger partial charge in [0.1, 0.15) is 0 Å². The highest BCUT2D eigenvalue weighted by Gasteiger charge is 2.31. The lowest BCUT2D eigenvalue weighted by Crippen LogP contribution is -2.15. The van der Waals surface area contributed by atoms with Gasteiger partial charge in [-0.05, 0) is 63.0 Å². The lowest BCUT2D eigenvalue weighted by atomic mass is 9.89. The van der Waals surface area contributed by atoms with Crippen molar-refractivity contribution in [1.82, 2.24) is 9.55 Å². The highest BCUT2D eigenvalue weighted by molar-refractivity contribution is 6.23. The average Bonchev–Trinajstić information content (AvgIpc) is 3.45. The van der Waals surface area contributed by atoms with Crippen molar-refractivity contribution >= 4 is 60.7 Å². The molecule has 0 radical (unpaired) electrons. The van der Waals surface area contributed by atoms with Crippen LogP contribution in [0.2, 0.25) is 0 Å². The van der Waals surface area contributed by atoms with Crippen molar-refractivity contribution in [3.63, 3.8) is 0 Å². The molecule has 10 rings (SSSR count). The first-order valence-electron chi connectivity index (χ1n) is 15.7. The van der Waals surface area contributed by atoms with Crippen molar-refractivity contribution < 1.29 is 0 Å². The van der Waals surface area contributed by atoms with Crippen LogP contribution < -0.4 is 4.90 Å². The van der Waals surface area contributed by atoms with E-state index >= 15 is 0 Å². The molecule has 9 aromatic rings. The predicted octanol–water partition coefficient (Wildman–Crippen LogP) is 11.6. The second-order valence-electron chi connectivity index (χ2n) is 12.0. The summed E-state index contributed by atoms with van der Waals surface area (Å²) in [7, 11) is 0. The maximum Gasteiger partial charge on any atom is 0.220 e. The van der Waals surface area contributed by atoms with Crippen molar-refractivity contribution in [1.29, 1.82) is 0 Å². The summed E-state index contributed by atoms with van der Waals surface area (Å²) in [6, 6.07) is 59.1.